The summed E-state index contributed by atoms with van der Waals surface area (Å²) in [5, 5.41) is 2.89. The predicted molar refractivity (Wildman–Crippen MR) is 68.4 cm³/mol. The molecule has 1 amide bonds. The van der Waals surface area contributed by atoms with E-state index in [9.17, 15) is 4.79 Å². The molecular formula is C12H14N2OS. The molecule has 1 fully saturated rings. The molecule has 1 saturated carbocycles. The maximum atomic E-state index is 11.7. The molecule has 0 aliphatic heterocycles. The fraction of sp³-hybridized carbons (Fsp3) is 0.333. The second kappa shape index (κ2) is 4.22. The van der Waals surface area contributed by atoms with Crippen molar-refractivity contribution in [1.82, 2.24) is 0 Å². The zero-order chi connectivity index (χ0) is 11.7. The van der Waals surface area contributed by atoms with Crippen LogP contribution in [0.3, 0.4) is 0 Å². The van der Waals surface area contributed by atoms with Crippen molar-refractivity contribution >= 4 is 28.8 Å². The van der Waals surface area contributed by atoms with Crippen molar-refractivity contribution in [3.05, 3.63) is 29.3 Å². The third-order valence-electron chi connectivity index (χ3n) is 2.73. The molecule has 0 spiro atoms. The topological polar surface area (TPSA) is 55.1 Å². The second-order valence-corrected chi connectivity index (χ2v) is 4.57. The second-order valence-electron chi connectivity index (χ2n) is 4.13. The first kappa shape index (κ1) is 11.1. The first-order chi connectivity index (χ1) is 7.59. The van der Waals surface area contributed by atoms with Gasteiger partial charge in [-0.25, -0.2) is 0 Å². The van der Waals surface area contributed by atoms with Crippen molar-refractivity contribution < 1.29 is 4.79 Å². The molecule has 0 saturated heterocycles. The fourth-order valence-corrected chi connectivity index (χ4v) is 1.95. The van der Waals surface area contributed by atoms with E-state index >= 15 is 0 Å². The quantitative estimate of drug-likeness (QED) is 0.786. The molecule has 0 radical (unpaired) electrons. The zero-order valence-corrected chi connectivity index (χ0v) is 9.93. The van der Waals surface area contributed by atoms with Crippen molar-refractivity contribution in [2.24, 2.45) is 11.7 Å². The van der Waals surface area contributed by atoms with Crippen molar-refractivity contribution in [2.45, 2.75) is 19.8 Å². The highest BCUT2D eigenvalue weighted by Crippen LogP contribution is 2.31. The minimum absolute atomic E-state index is 0.0723. The molecule has 84 valence electrons. The Hall–Kier alpha value is -1.42. The van der Waals surface area contributed by atoms with Gasteiger partial charge in [0.25, 0.3) is 0 Å². The largest absolute Gasteiger partial charge is 0.389 e. The van der Waals surface area contributed by atoms with E-state index in [-0.39, 0.29) is 11.8 Å². The van der Waals surface area contributed by atoms with Crippen LogP contribution in [0.1, 0.15) is 24.0 Å². The Morgan fingerprint density at radius 2 is 2.19 bits per heavy atom. The van der Waals surface area contributed by atoms with Crippen molar-refractivity contribution in [2.75, 3.05) is 5.32 Å². The molecule has 2 rings (SSSR count). The van der Waals surface area contributed by atoms with Gasteiger partial charge in [-0.1, -0.05) is 24.4 Å². The average Bonchev–Trinajstić information content (AvgIpc) is 2.99. The van der Waals surface area contributed by atoms with E-state index in [4.69, 9.17) is 18.0 Å². The highest BCUT2D eigenvalue weighted by atomic mass is 32.1. The van der Waals surface area contributed by atoms with Gasteiger partial charge in [0, 0.05) is 11.5 Å². The highest BCUT2D eigenvalue weighted by Gasteiger charge is 2.30. The lowest BCUT2D eigenvalue weighted by Crippen LogP contribution is -2.19. The van der Waals surface area contributed by atoms with Crippen LogP contribution in [0.4, 0.5) is 5.69 Å². The lowest BCUT2D eigenvalue weighted by molar-refractivity contribution is -0.117. The molecule has 1 aromatic carbocycles. The number of rotatable bonds is 3. The van der Waals surface area contributed by atoms with Crippen LogP contribution < -0.4 is 11.1 Å². The van der Waals surface area contributed by atoms with Crippen LogP contribution in [-0.4, -0.2) is 10.9 Å². The van der Waals surface area contributed by atoms with Crippen LogP contribution in [-0.2, 0) is 4.79 Å². The summed E-state index contributed by atoms with van der Waals surface area (Å²) in [7, 11) is 0. The van der Waals surface area contributed by atoms with Gasteiger partial charge < -0.3 is 11.1 Å². The maximum absolute atomic E-state index is 11.7. The third kappa shape index (κ3) is 2.22. The van der Waals surface area contributed by atoms with Gasteiger partial charge in [-0.05, 0) is 31.4 Å². The van der Waals surface area contributed by atoms with Crippen LogP contribution in [0.5, 0.6) is 0 Å². The lowest BCUT2D eigenvalue weighted by Gasteiger charge is -2.12. The molecule has 3 N–H and O–H groups in total. The number of carbonyl (C=O) groups is 1. The number of anilines is 1. The normalized spacial score (nSPS) is 14.6. The molecular weight excluding hydrogens is 220 g/mol. The van der Waals surface area contributed by atoms with E-state index in [1.54, 1.807) is 0 Å². The summed E-state index contributed by atoms with van der Waals surface area (Å²) in [5.74, 6) is 0.253. The number of nitrogens with two attached hydrogens (primary N) is 1. The Morgan fingerprint density at radius 1 is 1.50 bits per heavy atom. The van der Waals surface area contributed by atoms with Gasteiger partial charge in [0.15, 0.2) is 0 Å². The summed E-state index contributed by atoms with van der Waals surface area (Å²) in [4.78, 5) is 12.0. The van der Waals surface area contributed by atoms with E-state index in [0.29, 0.717) is 4.99 Å². The summed E-state index contributed by atoms with van der Waals surface area (Å²) in [6.07, 6.45) is 1.97. The molecule has 0 atom stereocenters. The minimum Gasteiger partial charge on any atom is -0.389 e. The van der Waals surface area contributed by atoms with Gasteiger partial charge in [0.05, 0.1) is 5.69 Å². The van der Waals surface area contributed by atoms with Crippen LogP contribution in [0.15, 0.2) is 18.2 Å². The summed E-state index contributed by atoms with van der Waals surface area (Å²) in [6.45, 7) is 1.93. The molecule has 4 heteroatoms. The molecule has 0 aromatic heterocycles. The Labute approximate surface area is 100 Å². The number of hydrogen-bond acceptors (Lipinski definition) is 2. The average molecular weight is 234 g/mol. The fourth-order valence-electron chi connectivity index (χ4n) is 1.68. The minimum atomic E-state index is 0.0723. The van der Waals surface area contributed by atoms with Gasteiger partial charge in [-0.3, -0.25) is 4.79 Å². The molecule has 0 unspecified atom stereocenters. The van der Waals surface area contributed by atoms with E-state index < -0.39 is 0 Å². The standard InChI is InChI=1S/C12H14N2OS/c1-7-3-2-4-9(10(7)11(13)16)14-12(15)8-5-6-8/h2-4,8H,5-6H2,1H3,(H2,13,16)(H,14,15). The molecule has 3 nitrogen and oxygen atoms in total. The molecule has 0 heterocycles. The Balaban J connectivity index is 2.28. The van der Waals surface area contributed by atoms with E-state index in [0.717, 1.165) is 29.7 Å². The van der Waals surface area contributed by atoms with Gasteiger partial charge in [0.1, 0.15) is 4.99 Å². The molecule has 1 aliphatic rings. The number of hydrogen-bond donors (Lipinski definition) is 2. The predicted octanol–water partition coefficient (Wildman–Crippen LogP) is 1.98. The number of amides is 1. The van der Waals surface area contributed by atoms with E-state index in [1.165, 1.54) is 0 Å². The Kier molecular flexibility index (Phi) is 2.92. The highest BCUT2D eigenvalue weighted by molar-refractivity contribution is 7.80. The monoisotopic (exact) mass is 234 g/mol. The zero-order valence-electron chi connectivity index (χ0n) is 9.12. The van der Waals surface area contributed by atoms with Crippen molar-refractivity contribution in [1.29, 1.82) is 0 Å². The summed E-state index contributed by atoms with van der Waals surface area (Å²) in [5.41, 5.74) is 8.15. The Morgan fingerprint density at radius 3 is 2.75 bits per heavy atom. The van der Waals surface area contributed by atoms with Crippen LogP contribution >= 0.6 is 12.2 Å². The lowest BCUT2D eigenvalue weighted by atomic mass is 10.1. The maximum Gasteiger partial charge on any atom is 0.227 e. The van der Waals surface area contributed by atoms with Crippen LogP contribution in [0, 0.1) is 12.8 Å². The number of nitrogens with one attached hydrogen (secondary N) is 1. The van der Waals surface area contributed by atoms with Gasteiger partial charge in [0.2, 0.25) is 5.91 Å². The number of carbonyl (C=O) groups excluding carboxylic acids is 1. The summed E-state index contributed by atoms with van der Waals surface area (Å²) < 4.78 is 0. The number of aryl methyl sites for hydroxylation is 1. The van der Waals surface area contributed by atoms with Gasteiger partial charge in [-0.2, -0.15) is 0 Å². The van der Waals surface area contributed by atoms with E-state index in [2.05, 4.69) is 5.32 Å². The molecule has 1 aliphatic carbocycles. The number of benzene rings is 1. The van der Waals surface area contributed by atoms with Crippen molar-refractivity contribution in [3.63, 3.8) is 0 Å². The van der Waals surface area contributed by atoms with Gasteiger partial charge >= 0.3 is 0 Å². The van der Waals surface area contributed by atoms with Crippen LogP contribution in [0.25, 0.3) is 0 Å². The van der Waals surface area contributed by atoms with Gasteiger partial charge in [-0.15, -0.1) is 0 Å². The first-order valence-electron chi connectivity index (χ1n) is 5.30. The summed E-state index contributed by atoms with van der Waals surface area (Å²) >= 11 is 5.00. The van der Waals surface area contributed by atoms with Crippen LogP contribution in [0.2, 0.25) is 0 Å². The third-order valence-corrected chi connectivity index (χ3v) is 2.93. The summed E-state index contributed by atoms with van der Waals surface area (Å²) in [6, 6.07) is 5.66. The molecule has 1 aromatic rings. The first-order valence-corrected chi connectivity index (χ1v) is 5.70. The smallest absolute Gasteiger partial charge is 0.227 e. The molecule has 0 bridgehead atoms. The SMILES string of the molecule is Cc1cccc(NC(=O)C2CC2)c1C(N)=S. The molecule has 16 heavy (non-hydrogen) atoms. The number of thiocarbonyl (C=S) groups is 1. The Bertz CT molecular complexity index is 452. The van der Waals surface area contributed by atoms with Crippen molar-refractivity contribution in [3.8, 4) is 0 Å². The van der Waals surface area contributed by atoms with E-state index in [1.807, 2.05) is 25.1 Å².